The minimum absolute atomic E-state index is 1.21. The summed E-state index contributed by atoms with van der Waals surface area (Å²) in [7, 11) is 0. The molecule has 0 heteroatoms. The molecule has 0 aliphatic heterocycles. The van der Waals surface area contributed by atoms with Crippen LogP contribution in [0.2, 0.25) is 0 Å². The topological polar surface area (TPSA) is 0 Å². The van der Waals surface area contributed by atoms with Crippen LogP contribution in [0.4, 0.5) is 0 Å². The molecule has 0 aliphatic rings. The van der Waals surface area contributed by atoms with Gasteiger partial charge in [0.25, 0.3) is 0 Å². The minimum atomic E-state index is 1.21. The molecule has 0 fully saturated rings. The molecule has 68 heavy (non-hydrogen) atoms. The molecule has 0 N–H and O–H groups in total. The lowest BCUT2D eigenvalue weighted by molar-refractivity contribution is 1.46. The van der Waals surface area contributed by atoms with E-state index >= 15 is 0 Å². The van der Waals surface area contributed by atoms with Crippen molar-refractivity contribution in [2.45, 2.75) is 27.7 Å². The normalized spacial score (nSPS) is 11.5. The molecule has 0 spiro atoms. The molecule has 0 aromatic heterocycles. The van der Waals surface area contributed by atoms with E-state index in [-0.39, 0.29) is 0 Å². The van der Waals surface area contributed by atoms with E-state index in [9.17, 15) is 0 Å². The lowest BCUT2D eigenvalue weighted by Crippen LogP contribution is -1.95. The molecule has 0 bridgehead atoms. The number of benzene rings is 12. The third-order valence-electron chi connectivity index (χ3n) is 14.1. The van der Waals surface area contributed by atoms with Crippen LogP contribution in [0.25, 0.3) is 121 Å². The van der Waals surface area contributed by atoms with Gasteiger partial charge in [-0.05, 0) is 185 Å². The van der Waals surface area contributed by atoms with E-state index in [1.165, 1.54) is 143 Å². The molecule has 12 aromatic carbocycles. The van der Waals surface area contributed by atoms with Crippen molar-refractivity contribution in [1.82, 2.24) is 0 Å². The quantitative estimate of drug-likeness (QED) is 0.140. The maximum atomic E-state index is 2.41. The highest BCUT2D eigenvalue weighted by molar-refractivity contribution is 6.30. The van der Waals surface area contributed by atoms with Crippen LogP contribution in [0.15, 0.2) is 231 Å². The number of rotatable bonds is 7. The van der Waals surface area contributed by atoms with E-state index in [0.717, 1.165) is 0 Å². The molecule has 0 nitrogen and oxygen atoms in total. The molecular weight excluding hydrogens is 817 g/mol. The van der Waals surface area contributed by atoms with E-state index in [1.807, 2.05) is 0 Å². The third-order valence-corrected chi connectivity index (χ3v) is 14.1. The van der Waals surface area contributed by atoms with Gasteiger partial charge >= 0.3 is 0 Å². The summed E-state index contributed by atoms with van der Waals surface area (Å²) >= 11 is 0. The number of hydrogen-bond acceptors (Lipinski definition) is 0. The Morgan fingerprint density at radius 1 is 0.162 bits per heavy atom. The van der Waals surface area contributed by atoms with Gasteiger partial charge in [-0.15, -0.1) is 0 Å². The van der Waals surface area contributed by atoms with Gasteiger partial charge in [-0.3, -0.25) is 0 Å². The SMILES string of the molecule is Cc1ccc(-c2cc(-c3ccc(C)cc3)cc(-c3c4ccccc4c(-c4c5ccccc5c(-c5cc(-c6ccc(C)cc6)cc(-c6ccc(C)cc6)c5)c5ccccc45)c4ccccc34)c2)cc1. The summed E-state index contributed by atoms with van der Waals surface area (Å²) in [5.74, 6) is 0. The molecule has 0 saturated carbocycles. The predicted molar refractivity (Wildman–Crippen MR) is 293 cm³/mol. The lowest BCUT2D eigenvalue weighted by Gasteiger charge is -2.23. The summed E-state index contributed by atoms with van der Waals surface area (Å²) in [5, 5.41) is 9.92. The first kappa shape index (κ1) is 41.1. The fraction of sp³-hybridized carbons (Fsp3) is 0.0588. The van der Waals surface area contributed by atoms with Crippen LogP contribution in [0.1, 0.15) is 22.3 Å². The molecule has 0 amide bonds. The van der Waals surface area contributed by atoms with Gasteiger partial charge in [0, 0.05) is 0 Å². The summed E-state index contributed by atoms with van der Waals surface area (Å²) in [6.07, 6.45) is 0. The van der Waals surface area contributed by atoms with Gasteiger partial charge < -0.3 is 0 Å². The van der Waals surface area contributed by atoms with Crippen LogP contribution in [-0.2, 0) is 0 Å². The molecule has 0 aliphatic carbocycles. The highest BCUT2D eigenvalue weighted by Gasteiger charge is 2.23. The zero-order valence-electron chi connectivity index (χ0n) is 38.9. The van der Waals surface area contributed by atoms with Crippen LogP contribution < -0.4 is 0 Å². The number of hydrogen-bond donors (Lipinski definition) is 0. The van der Waals surface area contributed by atoms with E-state index < -0.39 is 0 Å². The van der Waals surface area contributed by atoms with E-state index in [2.05, 4.69) is 258 Å². The Bertz CT molecular complexity index is 3390. The second-order valence-electron chi connectivity index (χ2n) is 18.7. The van der Waals surface area contributed by atoms with Crippen molar-refractivity contribution in [3.05, 3.63) is 253 Å². The Kier molecular flexibility index (Phi) is 10.2. The highest BCUT2D eigenvalue weighted by atomic mass is 14.3. The fourth-order valence-corrected chi connectivity index (χ4v) is 10.6. The van der Waals surface area contributed by atoms with Crippen molar-refractivity contribution in [2.24, 2.45) is 0 Å². The summed E-state index contributed by atoms with van der Waals surface area (Å²) in [5.41, 5.74) is 22.2. The Balaban J connectivity index is 1.15. The van der Waals surface area contributed by atoms with E-state index in [0.29, 0.717) is 0 Å². The molecule has 0 heterocycles. The molecule has 322 valence electrons. The zero-order valence-corrected chi connectivity index (χ0v) is 38.9. The van der Waals surface area contributed by atoms with Crippen molar-refractivity contribution >= 4 is 43.1 Å². The molecule has 12 rings (SSSR count). The second kappa shape index (κ2) is 16.8. The smallest absolute Gasteiger partial charge is 0.00139 e. The average Bonchev–Trinajstić information content (AvgIpc) is 3.38. The van der Waals surface area contributed by atoms with Crippen molar-refractivity contribution in [3.8, 4) is 77.9 Å². The highest BCUT2D eigenvalue weighted by Crippen LogP contribution is 2.51. The Labute approximate surface area is 399 Å². The Hall–Kier alpha value is -8.32. The number of fused-ring (bicyclic) bond motifs is 4. The summed E-state index contributed by atoms with van der Waals surface area (Å²) in [6.45, 7) is 8.63. The first-order chi connectivity index (χ1) is 33.3. The summed E-state index contributed by atoms with van der Waals surface area (Å²) < 4.78 is 0. The minimum Gasteiger partial charge on any atom is -0.0616 e. The maximum Gasteiger partial charge on any atom is -0.00139 e. The standard InChI is InChI=1S/C68H50/c1-43-21-29-47(30-22-43)51-37-52(48-31-23-44(2)24-32-48)40-55(39-51)65-57-13-5-9-17-61(57)67(62-18-10-6-14-58(62)65)68-63-19-11-7-15-59(63)66(60-16-8-12-20-64(60)68)56-41-53(49-33-25-45(3)26-34-49)38-54(42-56)50-35-27-46(4)28-36-50/h5-42H,1-4H3. The number of aryl methyl sites for hydroxylation is 4. The average molecular weight is 867 g/mol. The van der Waals surface area contributed by atoms with Crippen molar-refractivity contribution in [2.75, 3.05) is 0 Å². The Morgan fingerprint density at radius 3 is 0.544 bits per heavy atom. The predicted octanol–water partition coefficient (Wildman–Crippen LogP) is 19.2. The van der Waals surface area contributed by atoms with Crippen LogP contribution >= 0.6 is 0 Å². The van der Waals surface area contributed by atoms with Crippen LogP contribution in [0.5, 0.6) is 0 Å². The molecule has 0 unspecified atom stereocenters. The molecular formula is C68H50. The van der Waals surface area contributed by atoms with Gasteiger partial charge in [0.15, 0.2) is 0 Å². The third kappa shape index (κ3) is 7.27. The van der Waals surface area contributed by atoms with Gasteiger partial charge in [-0.2, -0.15) is 0 Å². The largest absolute Gasteiger partial charge is 0.0616 e. The molecule has 0 radical (unpaired) electrons. The van der Waals surface area contributed by atoms with Crippen molar-refractivity contribution in [1.29, 1.82) is 0 Å². The molecule has 0 saturated heterocycles. The first-order valence-electron chi connectivity index (χ1n) is 23.8. The molecule has 12 aromatic rings. The van der Waals surface area contributed by atoms with E-state index in [4.69, 9.17) is 0 Å². The summed E-state index contributed by atoms with van der Waals surface area (Å²) in [4.78, 5) is 0. The van der Waals surface area contributed by atoms with Gasteiger partial charge in [0.1, 0.15) is 0 Å². The van der Waals surface area contributed by atoms with Crippen LogP contribution in [-0.4, -0.2) is 0 Å². The zero-order chi connectivity index (χ0) is 45.9. The Morgan fingerprint density at radius 2 is 0.338 bits per heavy atom. The van der Waals surface area contributed by atoms with Gasteiger partial charge in [0.2, 0.25) is 0 Å². The summed E-state index contributed by atoms with van der Waals surface area (Å²) in [6, 6.07) is 86.6. The van der Waals surface area contributed by atoms with Gasteiger partial charge in [-0.1, -0.05) is 216 Å². The van der Waals surface area contributed by atoms with Crippen molar-refractivity contribution < 1.29 is 0 Å². The lowest BCUT2D eigenvalue weighted by atomic mass is 9.80. The molecule has 0 atom stereocenters. The van der Waals surface area contributed by atoms with Gasteiger partial charge in [0.05, 0.1) is 0 Å². The fourth-order valence-electron chi connectivity index (χ4n) is 10.6. The van der Waals surface area contributed by atoms with Crippen LogP contribution in [0, 0.1) is 27.7 Å². The van der Waals surface area contributed by atoms with Crippen LogP contribution in [0.3, 0.4) is 0 Å². The van der Waals surface area contributed by atoms with Gasteiger partial charge in [-0.25, -0.2) is 0 Å². The van der Waals surface area contributed by atoms with E-state index in [1.54, 1.807) is 0 Å². The maximum absolute atomic E-state index is 2.41. The second-order valence-corrected chi connectivity index (χ2v) is 18.7. The van der Waals surface area contributed by atoms with Crippen molar-refractivity contribution in [3.63, 3.8) is 0 Å². The monoisotopic (exact) mass is 866 g/mol. The first-order valence-corrected chi connectivity index (χ1v) is 23.8.